The first kappa shape index (κ1) is 13.9. The van der Waals surface area contributed by atoms with E-state index in [1.165, 1.54) is 32.1 Å². The summed E-state index contributed by atoms with van der Waals surface area (Å²) in [6.45, 7) is 1.30. The van der Waals surface area contributed by atoms with Gasteiger partial charge in [0, 0.05) is 12.6 Å². The van der Waals surface area contributed by atoms with Gasteiger partial charge in [-0.05, 0) is 31.7 Å². The standard InChI is InChI=1S/C9H20NO2PS2/c1-10(7-8-12-13(11,14)15)9-5-3-2-4-6-9/h9H,2-8H2,1H3,(H2,11,14,15). The number of thiol groups is 1. The lowest BCUT2D eigenvalue weighted by Gasteiger charge is -2.31. The summed E-state index contributed by atoms with van der Waals surface area (Å²) in [7, 11) is 2.11. The summed E-state index contributed by atoms with van der Waals surface area (Å²) >= 11 is 8.51. The lowest BCUT2D eigenvalue weighted by Crippen LogP contribution is -2.35. The van der Waals surface area contributed by atoms with Crippen LogP contribution >= 0.6 is 17.9 Å². The molecule has 1 unspecified atom stereocenters. The summed E-state index contributed by atoms with van der Waals surface area (Å²) in [5, 5.41) is 0. The van der Waals surface area contributed by atoms with Crippen LogP contribution in [0, 0.1) is 0 Å². The van der Waals surface area contributed by atoms with Crippen LogP contribution in [0.1, 0.15) is 32.1 Å². The predicted octanol–water partition coefficient (Wildman–Crippen LogP) is 2.41. The highest BCUT2D eigenvalue weighted by Gasteiger charge is 2.18. The molecule has 3 nitrogen and oxygen atoms in total. The fraction of sp³-hybridized carbons (Fsp3) is 1.00. The van der Waals surface area contributed by atoms with E-state index in [-0.39, 0.29) is 0 Å². The minimum absolute atomic E-state index is 0.476. The Morgan fingerprint density at radius 3 is 2.60 bits per heavy atom. The van der Waals surface area contributed by atoms with Crippen molar-refractivity contribution in [2.45, 2.75) is 38.1 Å². The summed E-state index contributed by atoms with van der Waals surface area (Å²) < 4.78 is 5.09. The summed E-state index contributed by atoms with van der Waals surface area (Å²) in [5.74, 6) is 0. The number of likely N-dealkylation sites (N-methyl/N-ethyl adjacent to an activating group) is 1. The molecule has 0 amide bonds. The van der Waals surface area contributed by atoms with Gasteiger partial charge in [0.2, 0.25) is 5.69 Å². The Labute approximate surface area is 103 Å². The molecule has 1 aliphatic rings. The van der Waals surface area contributed by atoms with Gasteiger partial charge in [0.25, 0.3) is 0 Å². The van der Waals surface area contributed by atoms with Gasteiger partial charge in [-0.3, -0.25) is 0 Å². The molecule has 1 rings (SSSR count). The van der Waals surface area contributed by atoms with Gasteiger partial charge in [0.15, 0.2) is 0 Å². The molecule has 1 saturated carbocycles. The maximum Gasteiger partial charge on any atom is 0.241 e. The van der Waals surface area contributed by atoms with Gasteiger partial charge < -0.3 is 14.3 Å². The largest absolute Gasteiger partial charge is 0.338 e. The Morgan fingerprint density at radius 1 is 1.47 bits per heavy atom. The number of hydrogen-bond donors (Lipinski definition) is 2. The van der Waals surface area contributed by atoms with Gasteiger partial charge in [-0.1, -0.05) is 31.5 Å². The second-order valence-electron chi connectivity index (χ2n) is 4.10. The summed E-state index contributed by atoms with van der Waals surface area (Å²) in [6, 6.07) is 0.679. The number of rotatable bonds is 5. The van der Waals surface area contributed by atoms with Crippen molar-refractivity contribution >= 4 is 29.7 Å². The van der Waals surface area contributed by atoms with E-state index < -0.39 is 5.69 Å². The van der Waals surface area contributed by atoms with Crippen LogP contribution in [-0.2, 0) is 16.3 Å². The minimum atomic E-state index is -2.76. The molecule has 0 aliphatic heterocycles. The van der Waals surface area contributed by atoms with Crippen molar-refractivity contribution in [2.24, 2.45) is 0 Å². The molecule has 6 heteroatoms. The molecular formula is C9H20NO2PS2. The Hall–Kier alpha value is 0.880. The van der Waals surface area contributed by atoms with Gasteiger partial charge in [-0.15, -0.1) is 0 Å². The van der Waals surface area contributed by atoms with Crippen LogP contribution in [0.4, 0.5) is 0 Å². The highest BCUT2D eigenvalue weighted by atomic mass is 32.9. The second kappa shape index (κ2) is 6.58. The topological polar surface area (TPSA) is 32.7 Å². The van der Waals surface area contributed by atoms with Gasteiger partial charge in [-0.25, -0.2) is 0 Å². The van der Waals surface area contributed by atoms with Crippen molar-refractivity contribution in [2.75, 3.05) is 20.2 Å². The first-order valence-corrected chi connectivity index (χ1v) is 9.22. The molecule has 0 saturated heterocycles. The molecule has 1 fully saturated rings. The van der Waals surface area contributed by atoms with Crippen molar-refractivity contribution < 1.29 is 9.42 Å². The van der Waals surface area contributed by atoms with Gasteiger partial charge in [-0.2, -0.15) is 0 Å². The molecule has 1 aliphatic carbocycles. The fourth-order valence-electron chi connectivity index (χ4n) is 2.01. The second-order valence-corrected chi connectivity index (χ2v) is 9.26. The van der Waals surface area contributed by atoms with Crippen LogP contribution in [0.3, 0.4) is 0 Å². The van der Waals surface area contributed by atoms with E-state index in [0.29, 0.717) is 12.6 Å². The summed E-state index contributed by atoms with van der Waals surface area (Å²) in [6.07, 6.45) is 6.60. The zero-order chi connectivity index (χ0) is 11.3. The zero-order valence-corrected chi connectivity index (χ0v) is 11.7. The van der Waals surface area contributed by atoms with Crippen molar-refractivity contribution in [3.8, 4) is 0 Å². The Kier molecular flexibility index (Phi) is 6.11. The molecule has 0 bridgehead atoms. The molecule has 0 heterocycles. The van der Waals surface area contributed by atoms with Gasteiger partial charge in [0.1, 0.15) is 0 Å². The third-order valence-electron chi connectivity index (χ3n) is 2.90. The number of nitrogens with zero attached hydrogens (tertiary/aromatic N) is 1. The normalized spacial score (nSPS) is 22.9. The molecule has 1 N–H and O–H groups in total. The molecule has 0 aromatic carbocycles. The van der Waals surface area contributed by atoms with E-state index in [4.69, 9.17) is 4.52 Å². The van der Waals surface area contributed by atoms with Gasteiger partial charge >= 0.3 is 0 Å². The lowest BCUT2D eigenvalue weighted by molar-refractivity contribution is 0.162. The van der Waals surface area contributed by atoms with Crippen LogP contribution in [0.5, 0.6) is 0 Å². The van der Waals surface area contributed by atoms with E-state index in [9.17, 15) is 4.89 Å². The van der Waals surface area contributed by atoms with Crippen LogP contribution in [-0.4, -0.2) is 36.0 Å². The third kappa shape index (κ3) is 6.25. The predicted molar refractivity (Wildman–Crippen MR) is 70.9 cm³/mol. The van der Waals surface area contributed by atoms with Crippen LogP contribution in [0.15, 0.2) is 0 Å². The summed E-state index contributed by atoms with van der Waals surface area (Å²) in [5.41, 5.74) is -2.76. The zero-order valence-electron chi connectivity index (χ0n) is 9.13. The SMILES string of the molecule is CN(CCOP(O)(=S)S)C1CCCCC1. The van der Waals surface area contributed by atoms with E-state index in [1.807, 2.05) is 0 Å². The molecular weight excluding hydrogens is 249 g/mol. The average molecular weight is 269 g/mol. The van der Waals surface area contributed by atoms with Crippen LogP contribution < -0.4 is 0 Å². The van der Waals surface area contributed by atoms with Crippen LogP contribution in [0.2, 0.25) is 0 Å². The summed E-state index contributed by atoms with van der Waals surface area (Å²) in [4.78, 5) is 11.5. The van der Waals surface area contributed by atoms with Crippen LogP contribution in [0.25, 0.3) is 0 Å². The van der Waals surface area contributed by atoms with Crippen molar-refractivity contribution in [1.82, 2.24) is 4.90 Å². The average Bonchev–Trinajstić information content (AvgIpc) is 2.17. The van der Waals surface area contributed by atoms with E-state index in [2.05, 4.69) is 36.0 Å². The van der Waals surface area contributed by atoms with E-state index >= 15 is 0 Å². The maximum absolute atomic E-state index is 9.19. The molecule has 0 aromatic rings. The lowest BCUT2D eigenvalue weighted by atomic mass is 9.94. The minimum Gasteiger partial charge on any atom is -0.338 e. The molecule has 0 radical (unpaired) electrons. The maximum atomic E-state index is 9.19. The monoisotopic (exact) mass is 269 g/mol. The highest BCUT2D eigenvalue weighted by Crippen LogP contribution is 2.46. The number of hydrogen-bond acceptors (Lipinski definition) is 3. The fourth-order valence-corrected chi connectivity index (χ4v) is 2.80. The molecule has 0 spiro atoms. The van der Waals surface area contributed by atoms with Gasteiger partial charge in [0.05, 0.1) is 6.61 Å². The Morgan fingerprint density at radius 2 is 2.07 bits per heavy atom. The quantitative estimate of drug-likeness (QED) is 0.593. The third-order valence-corrected chi connectivity index (χ3v) is 4.08. The van der Waals surface area contributed by atoms with E-state index in [1.54, 1.807) is 0 Å². The van der Waals surface area contributed by atoms with E-state index in [0.717, 1.165) is 6.54 Å². The molecule has 1 atom stereocenters. The molecule has 90 valence electrons. The first-order valence-electron chi connectivity index (χ1n) is 5.39. The highest BCUT2D eigenvalue weighted by molar-refractivity contribution is 8.59. The molecule has 0 aromatic heterocycles. The first-order chi connectivity index (χ1) is 6.99. The van der Waals surface area contributed by atoms with Crippen molar-refractivity contribution in [1.29, 1.82) is 0 Å². The Balaban J connectivity index is 2.17. The smallest absolute Gasteiger partial charge is 0.241 e. The van der Waals surface area contributed by atoms with Crippen molar-refractivity contribution in [3.05, 3.63) is 0 Å². The van der Waals surface area contributed by atoms with Crippen molar-refractivity contribution in [3.63, 3.8) is 0 Å². The molecule has 15 heavy (non-hydrogen) atoms. The Bertz CT molecular complexity index is 228.